The molecule has 0 aliphatic carbocycles. The van der Waals surface area contributed by atoms with Crippen LogP contribution < -0.4 is 9.47 Å². The van der Waals surface area contributed by atoms with E-state index in [-0.39, 0.29) is 6.07 Å². The van der Waals surface area contributed by atoms with E-state index in [0.29, 0.717) is 0 Å². The van der Waals surface area contributed by atoms with Gasteiger partial charge in [-0.2, -0.15) is 13.2 Å². The zero-order chi connectivity index (χ0) is 14.8. The Hall–Kier alpha value is -1.74. The van der Waals surface area contributed by atoms with Gasteiger partial charge < -0.3 is 9.47 Å². The van der Waals surface area contributed by atoms with Crippen LogP contribution in [0.25, 0.3) is 0 Å². The third kappa shape index (κ3) is 3.86. The van der Waals surface area contributed by atoms with Gasteiger partial charge >= 0.3 is 12.5 Å². The predicted molar refractivity (Wildman–Crippen MR) is 47.3 cm³/mol. The van der Waals surface area contributed by atoms with Gasteiger partial charge in [-0.05, 0) is 6.07 Å². The molecule has 0 saturated carbocycles. The highest BCUT2D eigenvalue weighted by Gasteiger charge is 2.39. The SMILES string of the molecule is COc1nc(C(F)(F)F)c(CF)cc1OC(F)(F)F. The summed E-state index contributed by atoms with van der Waals surface area (Å²) in [6.07, 6.45) is -10.2. The molecule has 3 nitrogen and oxygen atoms in total. The first-order valence-corrected chi connectivity index (χ1v) is 4.55. The zero-order valence-electron chi connectivity index (χ0n) is 9.19. The van der Waals surface area contributed by atoms with Crippen molar-refractivity contribution in [2.75, 3.05) is 7.11 Å². The summed E-state index contributed by atoms with van der Waals surface area (Å²) in [7, 11) is 0.806. The lowest BCUT2D eigenvalue weighted by atomic mass is 10.2. The summed E-state index contributed by atoms with van der Waals surface area (Å²) < 4.78 is 93.6. The van der Waals surface area contributed by atoms with Crippen LogP contribution in [-0.4, -0.2) is 18.5 Å². The highest BCUT2D eigenvalue weighted by molar-refractivity contribution is 5.40. The minimum Gasteiger partial charge on any atom is -0.478 e. The van der Waals surface area contributed by atoms with Crippen molar-refractivity contribution in [2.45, 2.75) is 19.2 Å². The van der Waals surface area contributed by atoms with Gasteiger partial charge in [0.05, 0.1) is 7.11 Å². The maximum Gasteiger partial charge on any atom is 0.573 e. The van der Waals surface area contributed by atoms with Crippen molar-refractivity contribution in [3.05, 3.63) is 17.3 Å². The Morgan fingerprint density at radius 3 is 2.11 bits per heavy atom. The average molecular weight is 293 g/mol. The molecule has 0 spiro atoms. The van der Waals surface area contributed by atoms with E-state index in [1.807, 2.05) is 0 Å². The Bertz CT molecular complexity index is 455. The summed E-state index contributed by atoms with van der Waals surface area (Å²) in [6, 6.07) is 0.252. The van der Waals surface area contributed by atoms with Crippen molar-refractivity contribution in [3.8, 4) is 11.6 Å². The third-order valence-electron chi connectivity index (χ3n) is 1.87. The van der Waals surface area contributed by atoms with Crippen LogP contribution in [-0.2, 0) is 12.9 Å². The van der Waals surface area contributed by atoms with Gasteiger partial charge in [0.15, 0.2) is 11.4 Å². The molecule has 0 atom stereocenters. The average Bonchev–Trinajstić information content (AvgIpc) is 2.24. The first-order valence-electron chi connectivity index (χ1n) is 4.55. The number of rotatable bonds is 3. The molecule has 0 radical (unpaired) electrons. The van der Waals surface area contributed by atoms with E-state index >= 15 is 0 Å². The number of aromatic nitrogens is 1. The topological polar surface area (TPSA) is 31.4 Å². The van der Waals surface area contributed by atoms with Crippen molar-refractivity contribution in [1.82, 2.24) is 4.98 Å². The standard InChI is InChI=1S/C9H6F7NO2/c1-18-7-5(19-9(14,15)16)2-4(3-10)6(17-7)8(11,12)13/h2H,3H2,1H3. The fraction of sp³-hybridized carbons (Fsp3) is 0.444. The molecule has 1 aromatic rings. The molecule has 0 fully saturated rings. The van der Waals surface area contributed by atoms with Crippen LogP contribution in [0.3, 0.4) is 0 Å². The number of hydrogen-bond donors (Lipinski definition) is 0. The molecule has 19 heavy (non-hydrogen) atoms. The quantitative estimate of drug-likeness (QED) is 0.800. The molecule has 0 amide bonds. The first kappa shape index (κ1) is 15.3. The summed E-state index contributed by atoms with van der Waals surface area (Å²) in [5, 5.41) is 0. The zero-order valence-corrected chi connectivity index (χ0v) is 9.19. The molecule has 0 unspecified atom stereocenters. The highest BCUT2D eigenvalue weighted by Crippen LogP contribution is 2.38. The van der Waals surface area contributed by atoms with Gasteiger partial charge in [-0.15, -0.1) is 13.2 Å². The largest absolute Gasteiger partial charge is 0.573 e. The number of pyridine rings is 1. The second-order valence-electron chi connectivity index (χ2n) is 3.18. The molecule has 0 aromatic carbocycles. The molecular formula is C9H6F7NO2. The van der Waals surface area contributed by atoms with E-state index in [0.717, 1.165) is 7.11 Å². The number of ether oxygens (including phenoxy) is 2. The molecule has 108 valence electrons. The fourth-order valence-electron chi connectivity index (χ4n) is 1.21. The van der Waals surface area contributed by atoms with E-state index in [1.165, 1.54) is 0 Å². The first-order chi connectivity index (χ1) is 8.58. The van der Waals surface area contributed by atoms with Crippen molar-refractivity contribution < 1.29 is 40.2 Å². The van der Waals surface area contributed by atoms with Crippen molar-refractivity contribution in [2.24, 2.45) is 0 Å². The lowest BCUT2D eigenvalue weighted by Crippen LogP contribution is -2.19. The molecule has 10 heteroatoms. The van der Waals surface area contributed by atoms with Gasteiger partial charge in [-0.25, -0.2) is 9.37 Å². The third-order valence-corrected chi connectivity index (χ3v) is 1.87. The maximum atomic E-state index is 12.5. The number of methoxy groups -OCH3 is 1. The predicted octanol–water partition coefficient (Wildman–Crippen LogP) is 3.48. The van der Waals surface area contributed by atoms with Crippen LogP contribution in [0.15, 0.2) is 6.07 Å². The normalized spacial score (nSPS) is 12.4. The molecular weight excluding hydrogens is 287 g/mol. The minimum absolute atomic E-state index is 0.252. The summed E-state index contributed by atoms with van der Waals surface area (Å²) in [4.78, 5) is 2.81. The van der Waals surface area contributed by atoms with Crippen molar-refractivity contribution in [3.63, 3.8) is 0 Å². The Balaban J connectivity index is 3.36. The van der Waals surface area contributed by atoms with E-state index < -0.39 is 42.1 Å². The van der Waals surface area contributed by atoms with Crippen LogP contribution in [0.1, 0.15) is 11.3 Å². The van der Waals surface area contributed by atoms with Gasteiger partial charge in [0.2, 0.25) is 0 Å². The Labute approximate surface area is 101 Å². The van der Waals surface area contributed by atoms with Gasteiger partial charge in [0, 0.05) is 5.56 Å². The van der Waals surface area contributed by atoms with E-state index in [1.54, 1.807) is 0 Å². The molecule has 0 aliphatic rings. The van der Waals surface area contributed by atoms with Gasteiger partial charge in [0.1, 0.15) is 6.67 Å². The van der Waals surface area contributed by atoms with E-state index in [4.69, 9.17) is 0 Å². The summed E-state index contributed by atoms with van der Waals surface area (Å²) in [5.74, 6) is -2.18. The maximum absolute atomic E-state index is 12.5. The molecule has 1 heterocycles. The van der Waals surface area contributed by atoms with Crippen LogP contribution >= 0.6 is 0 Å². The number of hydrogen-bond acceptors (Lipinski definition) is 3. The van der Waals surface area contributed by atoms with Crippen molar-refractivity contribution in [1.29, 1.82) is 0 Å². The summed E-state index contributed by atoms with van der Waals surface area (Å²) in [6.45, 7) is -1.65. The monoisotopic (exact) mass is 293 g/mol. The van der Waals surface area contributed by atoms with Gasteiger partial charge in [-0.3, -0.25) is 0 Å². The van der Waals surface area contributed by atoms with Crippen molar-refractivity contribution >= 4 is 0 Å². The Morgan fingerprint density at radius 1 is 1.16 bits per heavy atom. The second-order valence-corrected chi connectivity index (χ2v) is 3.18. The molecule has 0 saturated heterocycles. The number of nitrogens with zero attached hydrogens (tertiary/aromatic N) is 1. The van der Waals surface area contributed by atoms with Crippen LogP contribution in [0, 0.1) is 0 Å². The van der Waals surface area contributed by atoms with Gasteiger partial charge in [0.25, 0.3) is 5.88 Å². The van der Waals surface area contributed by atoms with E-state index in [9.17, 15) is 30.7 Å². The summed E-state index contributed by atoms with van der Waals surface area (Å²) in [5.41, 5.74) is -2.74. The summed E-state index contributed by atoms with van der Waals surface area (Å²) >= 11 is 0. The molecule has 0 N–H and O–H groups in total. The Morgan fingerprint density at radius 2 is 1.74 bits per heavy atom. The van der Waals surface area contributed by atoms with Crippen LogP contribution in [0.4, 0.5) is 30.7 Å². The lowest BCUT2D eigenvalue weighted by Gasteiger charge is -2.16. The molecule has 0 aliphatic heterocycles. The fourth-order valence-corrected chi connectivity index (χ4v) is 1.21. The lowest BCUT2D eigenvalue weighted by molar-refractivity contribution is -0.275. The highest BCUT2D eigenvalue weighted by atomic mass is 19.4. The molecule has 0 bridgehead atoms. The van der Waals surface area contributed by atoms with Gasteiger partial charge in [-0.1, -0.05) is 0 Å². The van der Waals surface area contributed by atoms with Crippen LogP contribution in [0.5, 0.6) is 11.6 Å². The number of halogens is 7. The van der Waals surface area contributed by atoms with E-state index in [2.05, 4.69) is 14.5 Å². The second kappa shape index (κ2) is 5.10. The minimum atomic E-state index is -5.16. The smallest absolute Gasteiger partial charge is 0.478 e. The molecule has 1 rings (SSSR count). The Kier molecular flexibility index (Phi) is 4.11. The van der Waals surface area contributed by atoms with Crippen LogP contribution in [0.2, 0.25) is 0 Å². The number of alkyl halides is 7. The molecule has 1 aromatic heterocycles.